The number of nitro groups is 1. The van der Waals surface area contributed by atoms with E-state index in [-0.39, 0.29) is 10.6 Å². The van der Waals surface area contributed by atoms with E-state index in [0.717, 1.165) is 23.2 Å². The monoisotopic (exact) mass is 327 g/mol. The van der Waals surface area contributed by atoms with Crippen LogP contribution in [0.3, 0.4) is 0 Å². The number of rotatable bonds is 5. The Balaban J connectivity index is 1.83. The first kappa shape index (κ1) is 14.3. The number of nitrogens with zero attached hydrogens (tertiary/aromatic N) is 2. The number of anilines is 1. The van der Waals surface area contributed by atoms with Crippen molar-refractivity contribution in [1.29, 1.82) is 0 Å². The maximum Gasteiger partial charge on any atom is 0.270 e. The molecule has 19 heavy (non-hydrogen) atoms. The van der Waals surface area contributed by atoms with Gasteiger partial charge in [0.2, 0.25) is 0 Å². The lowest BCUT2D eigenvalue weighted by Crippen LogP contribution is -2.33. The summed E-state index contributed by atoms with van der Waals surface area (Å²) < 4.78 is 0.736. The van der Waals surface area contributed by atoms with Crippen LogP contribution < -0.4 is 5.32 Å². The Labute approximate surface area is 121 Å². The van der Waals surface area contributed by atoms with Gasteiger partial charge in [-0.25, -0.2) is 0 Å². The third-order valence-corrected chi connectivity index (χ3v) is 4.01. The van der Waals surface area contributed by atoms with Gasteiger partial charge in [-0.1, -0.05) is 6.42 Å². The molecule has 1 aliphatic heterocycles. The van der Waals surface area contributed by atoms with Gasteiger partial charge in [0.15, 0.2) is 0 Å². The van der Waals surface area contributed by atoms with Crippen molar-refractivity contribution >= 4 is 27.3 Å². The third kappa shape index (κ3) is 4.18. The number of non-ortho nitro benzene ring substituents is 1. The standard InChI is InChI=1S/C13H18BrN3O2/c14-12-10-11(17(18)19)4-5-13(12)15-6-9-16-7-2-1-3-8-16/h4-5,10,15H,1-3,6-9H2. The minimum Gasteiger partial charge on any atom is -0.383 e. The van der Waals surface area contributed by atoms with E-state index < -0.39 is 0 Å². The van der Waals surface area contributed by atoms with Gasteiger partial charge in [0.1, 0.15) is 0 Å². The molecule has 1 aromatic carbocycles. The van der Waals surface area contributed by atoms with Gasteiger partial charge >= 0.3 is 0 Å². The van der Waals surface area contributed by atoms with Crippen molar-refractivity contribution < 1.29 is 4.92 Å². The van der Waals surface area contributed by atoms with Crippen molar-refractivity contribution in [2.75, 3.05) is 31.5 Å². The average Bonchev–Trinajstić information content (AvgIpc) is 2.41. The molecular formula is C13H18BrN3O2. The van der Waals surface area contributed by atoms with E-state index in [1.165, 1.54) is 44.5 Å². The van der Waals surface area contributed by atoms with Crippen molar-refractivity contribution in [1.82, 2.24) is 4.90 Å². The molecule has 0 aliphatic carbocycles. The Morgan fingerprint density at radius 1 is 1.32 bits per heavy atom. The molecule has 0 atom stereocenters. The Morgan fingerprint density at radius 3 is 2.68 bits per heavy atom. The fraction of sp³-hybridized carbons (Fsp3) is 0.538. The summed E-state index contributed by atoms with van der Waals surface area (Å²) in [6, 6.07) is 4.80. The molecule has 2 rings (SSSR count). The number of benzene rings is 1. The van der Waals surface area contributed by atoms with Crippen LogP contribution in [0.4, 0.5) is 11.4 Å². The maximum absolute atomic E-state index is 10.6. The number of piperidine rings is 1. The molecule has 0 spiro atoms. The first-order chi connectivity index (χ1) is 9.16. The summed E-state index contributed by atoms with van der Waals surface area (Å²) in [4.78, 5) is 12.7. The van der Waals surface area contributed by atoms with E-state index in [1.54, 1.807) is 6.07 Å². The van der Waals surface area contributed by atoms with Gasteiger partial charge in [-0.15, -0.1) is 0 Å². The second-order valence-corrected chi connectivity index (χ2v) is 5.60. The highest BCUT2D eigenvalue weighted by Gasteiger charge is 2.11. The Kier molecular flexibility index (Phi) is 5.15. The lowest BCUT2D eigenvalue weighted by molar-refractivity contribution is -0.384. The topological polar surface area (TPSA) is 58.4 Å². The molecule has 0 radical (unpaired) electrons. The Bertz CT molecular complexity index is 448. The average molecular weight is 328 g/mol. The van der Waals surface area contributed by atoms with Gasteiger partial charge in [-0.3, -0.25) is 10.1 Å². The molecule has 6 heteroatoms. The van der Waals surface area contributed by atoms with Gasteiger partial charge in [-0.05, 0) is 47.9 Å². The number of hydrogen-bond donors (Lipinski definition) is 1. The SMILES string of the molecule is O=[N+]([O-])c1ccc(NCCN2CCCCC2)c(Br)c1. The lowest BCUT2D eigenvalue weighted by Gasteiger charge is -2.26. The van der Waals surface area contributed by atoms with Crippen molar-refractivity contribution in [3.05, 3.63) is 32.8 Å². The van der Waals surface area contributed by atoms with Gasteiger partial charge in [0, 0.05) is 35.4 Å². The minimum absolute atomic E-state index is 0.105. The highest BCUT2D eigenvalue weighted by molar-refractivity contribution is 9.10. The van der Waals surface area contributed by atoms with Gasteiger partial charge < -0.3 is 10.2 Å². The molecule has 1 aliphatic rings. The van der Waals surface area contributed by atoms with Crippen LogP contribution in [-0.2, 0) is 0 Å². The van der Waals surface area contributed by atoms with Crippen molar-refractivity contribution in [3.8, 4) is 0 Å². The highest BCUT2D eigenvalue weighted by Crippen LogP contribution is 2.26. The summed E-state index contributed by atoms with van der Waals surface area (Å²) in [6.07, 6.45) is 3.93. The minimum atomic E-state index is -0.387. The van der Waals surface area contributed by atoms with Crippen LogP contribution in [-0.4, -0.2) is 36.0 Å². The fourth-order valence-corrected chi connectivity index (χ4v) is 2.80. The predicted octanol–water partition coefficient (Wildman–Crippen LogP) is 3.26. The first-order valence-corrected chi connectivity index (χ1v) is 7.36. The second-order valence-electron chi connectivity index (χ2n) is 4.75. The molecule has 0 amide bonds. The second kappa shape index (κ2) is 6.86. The van der Waals surface area contributed by atoms with Crippen LogP contribution in [0.15, 0.2) is 22.7 Å². The third-order valence-electron chi connectivity index (χ3n) is 3.36. The maximum atomic E-state index is 10.6. The lowest BCUT2D eigenvalue weighted by atomic mass is 10.1. The molecule has 0 aromatic heterocycles. The first-order valence-electron chi connectivity index (χ1n) is 6.57. The van der Waals surface area contributed by atoms with Crippen LogP contribution in [0.1, 0.15) is 19.3 Å². The van der Waals surface area contributed by atoms with Gasteiger partial charge in [0.05, 0.1) is 4.92 Å². The molecular weight excluding hydrogens is 310 g/mol. The normalized spacial score (nSPS) is 16.3. The zero-order valence-corrected chi connectivity index (χ0v) is 12.4. The number of hydrogen-bond acceptors (Lipinski definition) is 4. The molecule has 0 unspecified atom stereocenters. The van der Waals surface area contributed by atoms with E-state index in [1.807, 2.05) is 0 Å². The van der Waals surface area contributed by atoms with Crippen LogP contribution in [0.5, 0.6) is 0 Å². The summed E-state index contributed by atoms with van der Waals surface area (Å²) in [5.74, 6) is 0. The molecule has 1 N–H and O–H groups in total. The molecule has 104 valence electrons. The largest absolute Gasteiger partial charge is 0.383 e. The fourth-order valence-electron chi connectivity index (χ4n) is 2.29. The molecule has 5 nitrogen and oxygen atoms in total. The van der Waals surface area contributed by atoms with Gasteiger partial charge in [0.25, 0.3) is 5.69 Å². The quantitative estimate of drug-likeness (QED) is 0.666. The molecule has 1 saturated heterocycles. The van der Waals surface area contributed by atoms with Crippen molar-refractivity contribution in [2.24, 2.45) is 0 Å². The number of nitro benzene ring substituents is 1. The molecule has 0 saturated carbocycles. The summed E-state index contributed by atoms with van der Waals surface area (Å²) in [7, 11) is 0. The van der Waals surface area contributed by atoms with Crippen LogP contribution in [0.2, 0.25) is 0 Å². The zero-order valence-electron chi connectivity index (χ0n) is 10.8. The van der Waals surface area contributed by atoms with E-state index in [9.17, 15) is 10.1 Å². The highest BCUT2D eigenvalue weighted by atomic mass is 79.9. The smallest absolute Gasteiger partial charge is 0.270 e. The van der Waals surface area contributed by atoms with E-state index in [4.69, 9.17) is 0 Å². The van der Waals surface area contributed by atoms with Crippen LogP contribution in [0, 0.1) is 10.1 Å². The van der Waals surface area contributed by atoms with E-state index in [2.05, 4.69) is 26.1 Å². The molecule has 1 fully saturated rings. The van der Waals surface area contributed by atoms with Crippen LogP contribution in [0.25, 0.3) is 0 Å². The number of halogens is 1. The van der Waals surface area contributed by atoms with E-state index in [0.29, 0.717) is 0 Å². The summed E-state index contributed by atoms with van der Waals surface area (Å²) in [6.45, 7) is 4.24. The van der Waals surface area contributed by atoms with Crippen LogP contribution >= 0.6 is 15.9 Å². The Hall–Kier alpha value is -1.14. The molecule has 1 heterocycles. The number of nitrogens with one attached hydrogen (secondary N) is 1. The summed E-state index contributed by atoms with van der Waals surface area (Å²) in [5.41, 5.74) is 1.01. The van der Waals surface area contributed by atoms with Crippen molar-refractivity contribution in [2.45, 2.75) is 19.3 Å². The van der Waals surface area contributed by atoms with E-state index >= 15 is 0 Å². The Morgan fingerprint density at radius 2 is 2.05 bits per heavy atom. The predicted molar refractivity (Wildman–Crippen MR) is 79.6 cm³/mol. The summed E-state index contributed by atoms with van der Waals surface area (Å²) >= 11 is 3.36. The zero-order chi connectivity index (χ0) is 13.7. The van der Waals surface area contributed by atoms with Crippen molar-refractivity contribution in [3.63, 3.8) is 0 Å². The number of likely N-dealkylation sites (tertiary alicyclic amines) is 1. The molecule has 1 aromatic rings. The molecule has 0 bridgehead atoms. The summed E-state index contributed by atoms with van der Waals surface area (Å²) in [5, 5.41) is 14.0. The van der Waals surface area contributed by atoms with Gasteiger partial charge in [-0.2, -0.15) is 0 Å².